The Balaban J connectivity index is 2.37. The Morgan fingerprint density at radius 2 is 2.21 bits per heavy atom. The van der Waals surface area contributed by atoms with Crippen molar-refractivity contribution in [3.8, 4) is 0 Å². The molecule has 0 N–H and O–H groups in total. The van der Waals surface area contributed by atoms with Crippen LogP contribution in [-0.2, 0) is 9.53 Å². The van der Waals surface area contributed by atoms with Crippen LogP contribution in [0.1, 0.15) is 26.7 Å². The number of rotatable bonds is 7. The minimum Gasteiger partial charge on any atom is -0.383 e. The van der Waals surface area contributed by atoms with Gasteiger partial charge in [-0.25, -0.2) is 0 Å². The predicted octanol–water partition coefficient (Wildman–Crippen LogP) is 1.32. The van der Waals surface area contributed by atoms with Gasteiger partial charge in [-0.15, -0.1) is 0 Å². The maximum atomic E-state index is 11.1. The van der Waals surface area contributed by atoms with Gasteiger partial charge < -0.3 is 4.74 Å². The second-order valence-electron chi connectivity index (χ2n) is 4.24. The zero-order valence-corrected chi connectivity index (χ0v) is 9.45. The van der Waals surface area contributed by atoms with E-state index in [-0.39, 0.29) is 5.78 Å². The van der Waals surface area contributed by atoms with E-state index in [0.717, 1.165) is 12.5 Å². The van der Waals surface area contributed by atoms with Crippen molar-refractivity contribution in [1.29, 1.82) is 0 Å². The predicted molar refractivity (Wildman–Crippen MR) is 56.3 cm³/mol. The van der Waals surface area contributed by atoms with E-state index in [0.29, 0.717) is 19.2 Å². The topological polar surface area (TPSA) is 29.5 Å². The molecule has 0 radical (unpaired) electrons. The monoisotopic (exact) mass is 199 g/mol. The van der Waals surface area contributed by atoms with E-state index in [1.807, 2.05) is 0 Å². The number of hydrogen-bond acceptors (Lipinski definition) is 3. The SMILES string of the molecule is COCCN(CC(C)=O)C(C)C1CC1. The summed E-state index contributed by atoms with van der Waals surface area (Å²) < 4.78 is 5.05. The van der Waals surface area contributed by atoms with Crippen molar-refractivity contribution in [1.82, 2.24) is 4.90 Å². The lowest BCUT2D eigenvalue weighted by molar-refractivity contribution is -0.118. The molecule has 0 bridgehead atoms. The molecule has 0 aliphatic heterocycles. The highest BCUT2D eigenvalue weighted by atomic mass is 16.5. The molecule has 1 fully saturated rings. The van der Waals surface area contributed by atoms with Gasteiger partial charge in [0.15, 0.2) is 0 Å². The van der Waals surface area contributed by atoms with Crippen molar-refractivity contribution in [3.05, 3.63) is 0 Å². The summed E-state index contributed by atoms with van der Waals surface area (Å²) in [5.74, 6) is 1.06. The average molecular weight is 199 g/mol. The van der Waals surface area contributed by atoms with Crippen molar-refractivity contribution < 1.29 is 9.53 Å². The van der Waals surface area contributed by atoms with Gasteiger partial charge in [0, 0.05) is 19.7 Å². The lowest BCUT2D eigenvalue weighted by atomic mass is 10.1. The van der Waals surface area contributed by atoms with Crippen LogP contribution in [0.2, 0.25) is 0 Å². The summed E-state index contributed by atoms with van der Waals surface area (Å²) in [6, 6.07) is 0.536. The Hall–Kier alpha value is -0.410. The molecule has 0 aromatic heterocycles. The molecule has 0 heterocycles. The molecule has 1 saturated carbocycles. The number of ketones is 1. The van der Waals surface area contributed by atoms with Gasteiger partial charge in [-0.3, -0.25) is 9.69 Å². The van der Waals surface area contributed by atoms with E-state index < -0.39 is 0 Å². The fraction of sp³-hybridized carbons (Fsp3) is 0.909. The van der Waals surface area contributed by atoms with Crippen molar-refractivity contribution in [2.24, 2.45) is 5.92 Å². The van der Waals surface area contributed by atoms with E-state index >= 15 is 0 Å². The van der Waals surface area contributed by atoms with Gasteiger partial charge in [0.2, 0.25) is 0 Å². The third-order valence-corrected chi connectivity index (χ3v) is 2.89. The zero-order chi connectivity index (χ0) is 10.6. The summed E-state index contributed by atoms with van der Waals surface area (Å²) in [6.07, 6.45) is 2.64. The van der Waals surface area contributed by atoms with E-state index in [2.05, 4.69) is 11.8 Å². The summed E-state index contributed by atoms with van der Waals surface area (Å²) >= 11 is 0. The van der Waals surface area contributed by atoms with Crippen LogP contribution >= 0.6 is 0 Å². The molecule has 1 atom stereocenters. The van der Waals surface area contributed by atoms with Gasteiger partial charge in [0.25, 0.3) is 0 Å². The Bertz CT molecular complexity index is 190. The molecule has 0 spiro atoms. The van der Waals surface area contributed by atoms with E-state index in [4.69, 9.17) is 4.74 Å². The molecule has 1 aliphatic carbocycles. The van der Waals surface area contributed by atoms with Crippen molar-refractivity contribution in [2.45, 2.75) is 32.7 Å². The number of hydrogen-bond donors (Lipinski definition) is 0. The van der Waals surface area contributed by atoms with Gasteiger partial charge in [-0.05, 0) is 32.6 Å². The van der Waals surface area contributed by atoms with Crippen LogP contribution in [0.3, 0.4) is 0 Å². The molecule has 0 saturated heterocycles. The molecular formula is C11H21NO2. The molecule has 1 unspecified atom stereocenters. The quantitative estimate of drug-likeness (QED) is 0.619. The van der Waals surface area contributed by atoms with Crippen molar-refractivity contribution in [3.63, 3.8) is 0 Å². The van der Waals surface area contributed by atoms with Crippen molar-refractivity contribution in [2.75, 3.05) is 26.8 Å². The fourth-order valence-corrected chi connectivity index (χ4v) is 1.80. The second-order valence-corrected chi connectivity index (χ2v) is 4.24. The molecule has 14 heavy (non-hydrogen) atoms. The first-order valence-electron chi connectivity index (χ1n) is 5.37. The molecule has 0 aromatic rings. The largest absolute Gasteiger partial charge is 0.383 e. The number of ether oxygens (including phenoxy) is 1. The molecule has 3 heteroatoms. The summed E-state index contributed by atoms with van der Waals surface area (Å²) in [6.45, 7) is 6.02. The highest BCUT2D eigenvalue weighted by Crippen LogP contribution is 2.34. The molecule has 1 aliphatic rings. The summed E-state index contributed by atoms with van der Waals surface area (Å²) in [5, 5.41) is 0. The number of methoxy groups -OCH3 is 1. The van der Waals surface area contributed by atoms with Crippen LogP contribution in [-0.4, -0.2) is 43.5 Å². The normalized spacial score (nSPS) is 18.6. The first-order chi connectivity index (χ1) is 6.65. The number of carbonyl (C=O) groups is 1. The standard InChI is InChI=1S/C11H21NO2/c1-9(13)8-12(6-7-14-3)10(2)11-4-5-11/h10-11H,4-8H2,1-3H3. The Morgan fingerprint density at radius 3 is 2.64 bits per heavy atom. The van der Waals surface area contributed by atoms with Crippen LogP contribution in [0, 0.1) is 5.92 Å². The summed E-state index contributed by atoms with van der Waals surface area (Å²) in [5.41, 5.74) is 0. The van der Waals surface area contributed by atoms with Crippen molar-refractivity contribution >= 4 is 5.78 Å². The third kappa shape index (κ3) is 3.76. The van der Waals surface area contributed by atoms with Crippen LogP contribution in [0.25, 0.3) is 0 Å². The number of Topliss-reactive ketones (excluding diaryl/α,β-unsaturated/α-hetero) is 1. The van der Waals surface area contributed by atoms with Crippen LogP contribution < -0.4 is 0 Å². The number of carbonyl (C=O) groups excluding carboxylic acids is 1. The lowest BCUT2D eigenvalue weighted by Crippen LogP contribution is -2.40. The molecule has 1 rings (SSSR count). The fourth-order valence-electron chi connectivity index (χ4n) is 1.80. The smallest absolute Gasteiger partial charge is 0.143 e. The van der Waals surface area contributed by atoms with E-state index in [1.54, 1.807) is 14.0 Å². The first kappa shape index (κ1) is 11.7. The Kier molecular flexibility index (Phi) is 4.55. The Labute approximate surface area is 86.4 Å². The molecule has 0 aromatic carbocycles. The van der Waals surface area contributed by atoms with Gasteiger partial charge in [0.05, 0.1) is 13.2 Å². The molecule has 0 amide bonds. The maximum absolute atomic E-state index is 11.1. The third-order valence-electron chi connectivity index (χ3n) is 2.89. The van der Waals surface area contributed by atoms with Gasteiger partial charge in [-0.1, -0.05) is 0 Å². The first-order valence-corrected chi connectivity index (χ1v) is 5.37. The summed E-state index contributed by atoms with van der Waals surface area (Å²) in [4.78, 5) is 13.3. The van der Waals surface area contributed by atoms with Crippen LogP contribution in [0.4, 0.5) is 0 Å². The van der Waals surface area contributed by atoms with Gasteiger partial charge in [-0.2, -0.15) is 0 Å². The van der Waals surface area contributed by atoms with E-state index in [1.165, 1.54) is 12.8 Å². The van der Waals surface area contributed by atoms with Crippen LogP contribution in [0.15, 0.2) is 0 Å². The minimum absolute atomic E-state index is 0.244. The highest BCUT2D eigenvalue weighted by molar-refractivity contribution is 5.77. The van der Waals surface area contributed by atoms with Crippen LogP contribution in [0.5, 0.6) is 0 Å². The number of nitrogens with zero attached hydrogens (tertiary/aromatic N) is 1. The Morgan fingerprint density at radius 1 is 1.57 bits per heavy atom. The summed E-state index contributed by atoms with van der Waals surface area (Å²) in [7, 11) is 1.70. The lowest BCUT2D eigenvalue weighted by Gasteiger charge is -2.27. The average Bonchev–Trinajstić information content (AvgIpc) is 2.93. The van der Waals surface area contributed by atoms with Gasteiger partial charge in [0.1, 0.15) is 5.78 Å². The molecular weight excluding hydrogens is 178 g/mol. The second kappa shape index (κ2) is 5.47. The highest BCUT2D eigenvalue weighted by Gasteiger charge is 2.31. The minimum atomic E-state index is 0.244. The van der Waals surface area contributed by atoms with E-state index in [9.17, 15) is 4.79 Å². The van der Waals surface area contributed by atoms with Gasteiger partial charge >= 0.3 is 0 Å². The zero-order valence-electron chi connectivity index (χ0n) is 9.45. The molecule has 82 valence electrons. The molecule has 3 nitrogen and oxygen atoms in total. The maximum Gasteiger partial charge on any atom is 0.143 e.